The van der Waals surface area contributed by atoms with Gasteiger partial charge in [-0.3, -0.25) is 4.79 Å². The molecule has 2 rings (SSSR count). The number of hydrogen-bond donors (Lipinski definition) is 1. The van der Waals surface area contributed by atoms with Crippen LogP contribution in [-0.4, -0.2) is 37.0 Å². The molecule has 0 aliphatic heterocycles. The molecule has 2 N–H and O–H groups in total. The van der Waals surface area contributed by atoms with Gasteiger partial charge in [-0.25, -0.2) is 0 Å². The van der Waals surface area contributed by atoms with Crippen LogP contribution in [-0.2, 0) is 6.42 Å². The van der Waals surface area contributed by atoms with E-state index in [0.29, 0.717) is 37.6 Å². The summed E-state index contributed by atoms with van der Waals surface area (Å²) in [5.41, 5.74) is 7.52. The van der Waals surface area contributed by atoms with E-state index in [4.69, 9.17) is 10.5 Å². The van der Waals surface area contributed by atoms with Crippen LogP contribution in [0.15, 0.2) is 54.6 Å². The Labute approximate surface area is 137 Å². The standard InChI is InChI=1S/C19H24N2O2/c1-2-23-18-10-6-9-17(15-18)19(22)21(14-12-20)13-11-16-7-4-3-5-8-16/h3-10,15H,2,11-14,20H2,1H3. The fraction of sp³-hybridized carbons (Fsp3) is 0.316. The van der Waals surface area contributed by atoms with Gasteiger partial charge in [0.1, 0.15) is 5.75 Å². The molecule has 0 aliphatic rings. The van der Waals surface area contributed by atoms with Crippen LogP contribution in [0.5, 0.6) is 5.75 Å². The molecule has 2 aromatic carbocycles. The maximum absolute atomic E-state index is 12.7. The number of ether oxygens (including phenoxy) is 1. The average molecular weight is 312 g/mol. The van der Waals surface area contributed by atoms with E-state index < -0.39 is 0 Å². The Balaban J connectivity index is 2.06. The van der Waals surface area contributed by atoms with Gasteiger partial charge >= 0.3 is 0 Å². The molecule has 0 atom stereocenters. The maximum Gasteiger partial charge on any atom is 0.254 e. The number of carbonyl (C=O) groups is 1. The first-order chi connectivity index (χ1) is 11.2. The zero-order valence-electron chi connectivity index (χ0n) is 13.6. The van der Waals surface area contributed by atoms with Crippen LogP contribution in [0.25, 0.3) is 0 Å². The maximum atomic E-state index is 12.7. The van der Waals surface area contributed by atoms with Crippen LogP contribution >= 0.6 is 0 Å². The molecular formula is C19H24N2O2. The van der Waals surface area contributed by atoms with Gasteiger partial charge in [-0.2, -0.15) is 0 Å². The lowest BCUT2D eigenvalue weighted by molar-refractivity contribution is 0.0761. The van der Waals surface area contributed by atoms with Gasteiger partial charge in [0.05, 0.1) is 6.61 Å². The SMILES string of the molecule is CCOc1cccc(C(=O)N(CCN)CCc2ccccc2)c1. The highest BCUT2D eigenvalue weighted by molar-refractivity contribution is 5.94. The molecule has 0 spiro atoms. The zero-order chi connectivity index (χ0) is 16.5. The fourth-order valence-electron chi connectivity index (χ4n) is 2.45. The lowest BCUT2D eigenvalue weighted by Crippen LogP contribution is -2.36. The second-order valence-electron chi connectivity index (χ2n) is 5.28. The van der Waals surface area contributed by atoms with Gasteiger partial charge in [-0.05, 0) is 37.1 Å². The molecule has 23 heavy (non-hydrogen) atoms. The summed E-state index contributed by atoms with van der Waals surface area (Å²) >= 11 is 0. The highest BCUT2D eigenvalue weighted by Gasteiger charge is 2.15. The van der Waals surface area contributed by atoms with Gasteiger partial charge in [0.15, 0.2) is 0 Å². The monoisotopic (exact) mass is 312 g/mol. The van der Waals surface area contributed by atoms with Crippen LogP contribution < -0.4 is 10.5 Å². The van der Waals surface area contributed by atoms with Crippen molar-refractivity contribution in [2.75, 3.05) is 26.2 Å². The topological polar surface area (TPSA) is 55.6 Å². The van der Waals surface area contributed by atoms with Crippen LogP contribution in [0, 0.1) is 0 Å². The number of hydrogen-bond acceptors (Lipinski definition) is 3. The van der Waals surface area contributed by atoms with Crippen LogP contribution in [0.2, 0.25) is 0 Å². The van der Waals surface area contributed by atoms with Gasteiger partial charge in [-0.15, -0.1) is 0 Å². The summed E-state index contributed by atoms with van der Waals surface area (Å²) in [4.78, 5) is 14.5. The van der Waals surface area contributed by atoms with Gasteiger partial charge in [0.25, 0.3) is 5.91 Å². The minimum absolute atomic E-state index is 0.00654. The van der Waals surface area contributed by atoms with Crippen molar-refractivity contribution in [3.63, 3.8) is 0 Å². The van der Waals surface area contributed by atoms with Crippen molar-refractivity contribution in [3.8, 4) is 5.75 Å². The molecule has 0 unspecified atom stereocenters. The lowest BCUT2D eigenvalue weighted by Gasteiger charge is -2.22. The molecule has 0 radical (unpaired) electrons. The van der Waals surface area contributed by atoms with E-state index in [1.807, 2.05) is 43.3 Å². The molecule has 1 amide bonds. The Morgan fingerprint density at radius 2 is 1.87 bits per heavy atom. The molecule has 4 heteroatoms. The van der Waals surface area contributed by atoms with Crippen molar-refractivity contribution in [1.82, 2.24) is 4.90 Å². The van der Waals surface area contributed by atoms with Crippen LogP contribution in [0.3, 0.4) is 0 Å². The first-order valence-corrected chi connectivity index (χ1v) is 8.00. The molecule has 0 saturated heterocycles. The molecule has 0 aliphatic carbocycles. The Hall–Kier alpha value is -2.33. The Kier molecular flexibility index (Phi) is 6.63. The van der Waals surface area contributed by atoms with E-state index in [1.54, 1.807) is 11.0 Å². The third-order valence-corrected chi connectivity index (χ3v) is 3.59. The molecule has 0 bridgehead atoms. The summed E-state index contributed by atoms with van der Waals surface area (Å²) in [6.07, 6.45) is 0.817. The van der Waals surface area contributed by atoms with Gasteiger partial charge in [0.2, 0.25) is 0 Å². The van der Waals surface area contributed by atoms with Crippen LogP contribution in [0.1, 0.15) is 22.8 Å². The summed E-state index contributed by atoms with van der Waals surface area (Å²) < 4.78 is 5.47. The average Bonchev–Trinajstić information content (AvgIpc) is 2.59. The van der Waals surface area contributed by atoms with Crippen molar-refractivity contribution in [2.24, 2.45) is 5.73 Å². The molecule has 4 nitrogen and oxygen atoms in total. The van der Waals surface area contributed by atoms with Crippen molar-refractivity contribution in [3.05, 3.63) is 65.7 Å². The minimum Gasteiger partial charge on any atom is -0.494 e. The Bertz CT molecular complexity index is 614. The number of carbonyl (C=O) groups excluding carboxylic acids is 1. The molecule has 0 aromatic heterocycles. The predicted molar refractivity (Wildman–Crippen MR) is 92.7 cm³/mol. The largest absolute Gasteiger partial charge is 0.494 e. The number of amides is 1. The smallest absolute Gasteiger partial charge is 0.254 e. The van der Waals surface area contributed by atoms with Crippen molar-refractivity contribution in [1.29, 1.82) is 0 Å². The normalized spacial score (nSPS) is 10.3. The summed E-state index contributed by atoms with van der Waals surface area (Å²) in [6, 6.07) is 17.5. The van der Waals surface area contributed by atoms with Gasteiger partial charge < -0.3 is 15.4 Å². The number of nitrogens with two attached hydrogens (primary N) is 1. The van der Waals surface area contributed by atoms with Gasteiger partial charge in [0, 0.05) is 25.2 Å². The molecule has 0 heterocycles. The summed E-state index contributed by atoms with van der Waals surface area (Å²) in [6.45, 7) is 4.16. The molecular weight excluding hydrogens is 288 g/mol. The third-order valence-electron chi connectivity index (χ3n) is 3.59. The van der Waals surface area contributed by atoms with Crippen molar-refractivity contribution < 1.29 is 9.53 Å². The summed E-state index contributed by atoms with van der Waals surface area (Å²) in [5.74, 6) is 0.710. The van der Waals surface area contributed by atoms with E-state index in [-0.39, 0.29) is 5.91 Å². The number of benzene rings is 2. The summed E-state index contributed by atoms with van der Waals surface area (Å²) in [5, 5.41) is 0. The van der Waals surface area contributed by atoms with Crippen molar-refractivity contribution in [2.45, 2.75) is 13.3 Å². The van der Waals surface area contributed by atoms with Crippen molar-refractivity contribution >= 4 is 5.91 Å². The van der Waals surface area contributed by atoms with Gasteiger partial charge in [-0.1, -0.05) is 36.4 Å². The summed E-state index contributed by atoms with van der Waals surface area (Å²) in [7, 11) is 0. The van der Waals surface area contributed by atoms with E-state index in [1.165, 1.54) is 5.56 Å². The first-order valence-electron chi connectivity index (χ1n) is 8.00. The Morgan fingerprint density at radius 3 is 2.57 bits per heavy atom. The highest BCUT2D eigenvalue weighted by atomic mass is 16.5. The van der Waals surface area contributed by atoms with E-state index >= 15 is 0 Å². The minimum atomic E-state index is -0.00654. The van der Waals surface area contributed by atoms with E-state index in [0.717, 1.165) is 6.42 Å². The lowest BCUT2D eigenvalue weighted by atomic mass is 10.1. The number of rotatable bonds is 8. The predicted octanol–water partition coefficient (Wildman–Crippen LogP) is 2.73. The second kappa shape index (κ2) is 8.96. The quantitative estimate of drug-likeness (QED) is 0.815. The molecule has 0 fully saturated rings. The molecule has 0 saturated carbocycles. The van der Waals surface area contributed by atoms with Crippen LogP contribution in [0.4, 0.5) is 0 Å². The van der Waals surface area contributed by atoms with E-state index in [2.05, 4.69) is 12.1 Å². The number of nitrogens with zero attached hydrogens (tertiary/aromatic N) is 1. The Morgan fingerprint density at radius 1 is 1.09 bits per heavy atom. The fourth-order valence-corrected chi connectivity index (χ4v) is 2.45. The zero-order valence-corrected chi connectivity index (χ0v) is 13.6. The highest BCUT2D eigenvalue weighted by Crippen LogP contribution is 2.15. The first kappa shape index (κ1) is 17.0. The molecule has 2 aromatic rings. The second-order valence-corrected chi connectivity index (χ2v) is 5.28. The van der Waals surface area contributed by atoms with E-state index in [9.17, 15) is 4.79 Å². The third kappa shape index (κ3) is 5.11. The molecule has 122 valence electrons.